The number of carboxylic acid groups (broad SMARTS) is 1. The van der Waals surface area contributed by atoms with Gasteiger partial charge in [-0.1, -0.05) is 0 Å². The van der Waals surface area contributed by atoms with E-state index in [2.05, 4.69) is 21.5 Å². The summed E-state index contributed by atoms with van der Waals surface area (Å²) in [4.78, 5) is 23.4. The second-order valence-corrected chi connectivity index (χ2v) is 6.36. The molecule has 1 aromatic rings. The largest absolute Gasteiger partial charge is 0.478 e. The molecular weight excluding hydrogens is 306 g/mol. The molecule has 1 saturated carbocycles. The number of benzene rings is 1. The van der Waals surface area contributed by atoms with E-state index in [1.165, 1.54) is 6.07 Å². The van der Waals surface area contributed by atoms with E-state index >= 15 is 0 Å². The number of carbonyl (C=O) groups is 2. The third-order valence-corrected chi connectivity index (χ3v) is 4.34. The Kier molecular flexibility index (Phi) is 4.34. The highest BCUT2D eigenvalue weighted by Gasteiger charge is 2.39. The molecule has 1 aliphatic heterocycles. The van der Waals surface area contributed by atoms with Crippen molar-refractivity contribution in [3.8, 4) is 12.3 Å². The molecule has 0 aromatic heterocycles. The number of aromatic carboxylic acids is 1. The van der Waals surface area contributed by atoms with Gasteiger partial charge in [0.15, 0.2) is 5.66 Å². The number of amides is 1. The van der Waals surface area contributed by atoms with E-state index in [1.54, 1.807) is 6.07 Å². The third kappa shape index (κ3) is 3.99. The molecule has 0 radical (unpaired) electrons. The number of anilines is 1. The number of hydrogen-bond donors (Lipinski definition) is 2. The molecule has 0 unspecified atom stereocenters. The van der Waals surface area contributed by atoms with Gasteiger partial charge in [-0.05, 0) is 42.5 Å². The molecule has 1 fully saturated rings. The zero-order valence-electron chi connectivity index (χ0n) is 13.3. The summed E-state index contributed by atoms with van der Waals surface area (Å²) in [6.07, 6.45) is 9.42. The van der Waals surface area contributed by atoms with Crippen molar-refractivity contribution in [2.24, 2.45) is 10.2 Å². The van der Waals surface area contributed by atoms with Crippen LogP contribution in [0.25, 0.3) is 0 Å². The van der Waals surface area contributed by atoms with Crippen molar-refractivity contribution >= 4 is 17.6 Å². The number of carbonyl (C=O) groups excluding carboxylic acids is 1. The number of terminal acetylenes is 1. The molecule has 1 aromatic carbocycles. The van der Waals surface area contributed by atoms with Crippen LogP contribution in [0.5, 0.6) is 0 Å². The molecule has 0 spiro atoms. The lowest BCUT2D eigenvalue weighted by atomic mass is 10.0. The second kappa shape index (κ2) is 6.44. The smallest absolute Gasteiger partial charge is 0.335 e. The van der Waals surface area contributed by atoms with Crippen LogP contribution in [0.3, 0.4) is 0 Å². The summed E-state index contributed by atoms with van der Waals surface area (Å²) in [5.74, 6) is 1.81. The number of rotatable bonds is 8. The maximum Gasteiger partial charge on any atom is 0.335 e. The van der Waals surface area contributed by atoms with Gasteiger partial charge in [0.1, 0.15) is 0 Å². The van der Waals surface area contributed by atoms with Crippen LogP contribution in [0.1, 0.15) is 60.4 Å². The van der Waals surface area contributed by atoms with Gasteiger partial charge < -0.3 is 10.4 Å². The Morgan fingerprint density at radius 3 is 2.62 bits per heavy atom. The summed E-state index contributed by atoms with van der Waals surface area (Å²) >= 11 is 0. The van der Waals surface area contributed by atoms with Crippen LogP contribution in [0.4, 0.5) is 5.69 Å². The van der Waals surface area contributed by atoms with Crippen LogP contribution in [0, 0.1) is 12.3 Å². The summed E-state index contributed by atoms with van der Waals surface area (Å²) in [6.45, 7) is 0. The van der Waals surface area contributed by atoms with Crippen LogP contribution in [-0.2, 0) is 4.79 Å². The highest BCUT2D eigenvalue weighted by molar-refractivity contribution is 5.94. The number of hydrogen-bond acceptors (Lipinski definition) is 4. The molecule has 1 aliphatic carbocycles. The van der Waals surface area contributed by atoms with Crippen LogP contribution in [0.15, 0.2) is 28.4 Å². The highest BCUT2D eigenvalue weighted by Crippen LogP contribution is 2.41. The van der Waals surface area contributed by atoms with Crippen molar-refractivity contribution in [3.63, 3.8) is 0 Å². The number of nitrogens with zero attached hydrogens (tertiary/aromatic N) is 2. The molecule has 24 heavy (non-hydrogen) atoms. The molecule has 124 valence electrons. The Morgan fingerprint density at radius 1 is 1.29 bits per heavy atom. The van der Waals surface area contributed by atoms with Gasteiger partial charge in [-0.2, -0.15) is 10.2 Å². The zero-order valence-corrected chi connectivity index (χ0v) is 13.3. The highest BCUT2D eigenvalue weighted by atomic mass is 16.4. The lowest BCUT2D eigenvalue weighted by Gasteiger charge is -2.11. The molecule has 1 amide bonds. The van der Waals surface area contributed by atoms with Crippen molar-refractivity contribution in [1.82, 2.24) is 0 Å². The fourth-order valence-corrected chi connectivity index (χ4v) is 2.70. The number of nitrogens with one attached hydrogen (secondary N) is 1. The predicted octanol–water partition coefficient (Wildman–Crippen LogP) is 3.56. The first kappa shape index (κ1) is 16.2. The maximum atomic E-state index is 12.2. The standard InChI is InChI=1S/C18H19N3O3/c1-2-3-7-18(20-21-18)8-6-16(22)19-15-10-13(12-4-5-12)9-14(11-15)17(23)24/h1,9-12H,3-8H2,(H,19,22)(H,23,24). The molecule has 0 saturated heterocycles. The van der Waals surface area contributed by atoms with Crippen molar-refractivity contribution in [2.45, 2.75) is 50.1 Å². The van der Waals surface area contributed by atoms with Gasteiger partial charge in [0.25, 0.3) is 0 Å². The van der Waals surface area contributed by atoms with E-state index in [-0.39, 0.29) is 17.9 Å². The first-order valence-corrected chi connectivity index (χ1v) is 8.07. The quantitative estimate of drug-likeness (QED) is 0.716. The van der Waals surface area contributed by atoms with Crippen LogP contribution < -0.4 is 5.32 Å². The van der Waals surface area contributed by atoms with E-state index in [0.29, 0.717) is 30.9 Å². The minimum atomic E-state index is -0.989. The Bertz CT molecular complexity index is 738. The molecule has 6 heteroatoms. The summed E-state index contributed by atoms with van der Waals surface area (Å²) < 4.78 is 0. The van der Waals surface area contributed by atoms with E-state index in [4.69, 9.17) is 6.42 Å². The average Bonchev–Trinajstić information content (AvgIpc) is 3.46. The molecule has 0 bridgehead atoms. The Hall–Kier alpha value is -2.68. The molecule has 3 rings (SSSR count). The van der Waals surface area contributed by atoms with Gasteiger partial charge in [0.2, 0.25) is 5.91 Å². The van der Waals surface area contributed by atoms with E-state index in [0.717, 1.165) is 18.4 Å². The maximum absolute atomic E-state index is 12.2. The van der Waals surface area contributed by atoms with E-state index < -0.39 is 11.6 Å². The SMILES string of the molecule is C#CCCC1(CCC(=O)Nc2cc(C(=O)O)cc(C3CC3)c2)N=N1. The van der Waals surface area contributed by atoms with E-state index in [1.807, 2.05) is 6.07 Å². The minimum absolute atomic E-state index is 0.170. The van der Waals surface area contributed by atoms with Gasteiger partial charge in [-0.3, -0.25) is 4.79 Å². The summed E-state index contributed by atoms with van der Waals surface area (Å²) in [5, 5.41) is 20.0. The van der Waals surface area contributed by atoms with Crippen LogP contribution >= 0.6 is 0 Å². The summed E-state index contributed by atoms with van der Waals surface area (Å²) in [5.41, 5.74) is 1.23. The average molecular weight is 325 g/mol. The van der Waals surface area contributed by atoms with E-state index in [9.17, 15) is 14.7 Å². The summed E-state index contributed by atoms with van der Waals surface area (Å²) in [7, 11) is 0. The second-order valence-electron chi connectivity index (χ2n) is 6.36. The van der Waals surface area contributed by atoms with Gasteiger partial charge in [0, 0.05) is 31.4 Å². The third-order valence-electron chi connectivity index (χ3n) is 4.34. The monoisotopic (exact) mass is 325 g/mol. The molecule has 2 aliphatic rings. The predicted molar refractivity (Wildman–Crippen MR) is 88.9 cm³/mol. The van der Waals surface area contributed by atoms with Crippen molar-refractivity contribution in [3.05, 3.63) is 29.3 Å². The van der Waals surface area contributed by atoms with Crippen LogP contribution in [0.2, 0.25) is 0 Å². The Balaban J connectivity index is 1.60. The van der Waals surface area contributed by atoms with Gasteiger partial charge in [0.05, 0.1) is 5.56 Å². The minimum Gasteiger partial charge on any atom is -0.478 e. The topological polar surface area (TPSA) is 91.1 Å². The van der Waals surface area contributed by atoms with Crippen molar-refractivity contribution < 1.29 is 14.7 Å². The Labute approximate surface area is 140 Å². The number of carboxylic acids is 1. The van der Waals surface area contributed by atoms with Gasteiger partial charge >= 0.3 is 5.97 Å². The fourth-order valence-electron chi connectivity index (χ4n) is 2.70. The van der Waals surface area contributed by atoms with Gasteiger partial charge in [-0.25, -0.2) is 4.79 Å². The fraction of sp³-hybridized carbons (Fsp3) is 0.444. The molecule has 2 N–H and O–H groups in total. The summed E-state index contributed by atoms with van der Waals surface area (Å²) in [6, 6.07) is 5.04. The van der Waals surface area contributed by atoms with Crippen LogP contribution in [-0.4, -0.2) is 22.6 Å². The lowest BCUT2D eigenvalue weighted by molar-refractivity contribution is -0.116. The molecule has 1 heterocycles. The van der Waals surface area contributed by atoms with Crippen molar-refractivity contribution in [2.75, 3.05) is 5.32 Å². The van der Waals surface area contributed by atoms with Gasteiger partial charge in [-0.15, -0.1) is 12.3 Å². The molecule has 6 nitrogen and oxygen atoms in total. The molecule has 0 atom stereocenters. The van der Waals surface area contributed by atoms with Crippen molar-refractivity contribution in [1.29, 1.82) is 0 Å². The normalized spacial score (nSPS) is 17.1. The zero-order chi connectivity index (χ0) is 17.2. The first-order chi connectivity index (χ1) is 11.5. The Morgan fingerprint density at radius 2 is 2.04 bits per heavy atom. The first-order valence-electron chi connectivity index (χ1n) is 8.07. The lowest BCUT2D eigenvalue weighted by Crippen LogP contribution is -2.18. The molecular formula is C18H19N3O3.